The van der Waals surface area contributed by atoms with Crippen LogP contribution in [0.1, 0.15) is 34.6 Å². The Morgan fingerprint density at radius 2 is 1.93 bits per heavy atom. The summed E-state index contributed by atoms with van der Waals surface area (Å²) in [6.07, 6.45) is 0. The summed E-state index contributed by atoms with van der Waals surface area (Å²) in [6.45, 7) is 10.9. The molecular weight excluding hydrogens is 214 g/mol. The number of carbonyl (C=O) groups excluding carboxylic acids is 1. The van der Waals surface area contributed by atoms with E-state index in [9.17, 15) is 4.79 Å². The summed E-state index contributed by atoms with van der Waals surface area (Å²) in [4.78, 5) is 11.4. The molecule has 0 saturated carbocycles. The van der Waals surface area contributed by atoms with Gasteiger partial charge in [0.05, 0.1) is 0 Å². The molecule has 84 valence electrons. The largest absolute Gasteiger partial charge is 0.355 e. The highest BCUT2D eigenvalue weighted by Crippen LogP contribution is 2.25. The Morgan fingerprint density at radius 3 is 2.36 bits per heavy atom. The van der Waals surface area contributed by atoms with Gasteiger partial charge in [0.1, 0.15) is 0 Å². The zero-order valence-corrected chi connectivity index (χ0v) is 11.3. The van der Waals surface area contributed by atoms with Crippen molar-refractivity contribution in [2.24, 2.45) is 5.41 Å². The monoisotopic (exact) mass is 235 g/mol. The highest BCUT2D eigenvalue weighted by molar-refractivity contribution is 8.76. The van der Waals surface area contributed by atoms with E-state index in [0.717, 1.165) is 12.3 Å². The molecule has 0 spiro atoms. The lowest BCUT2D eigenvalue weighted by Crippen LogP contribution is -2.35. The third kappa shape index (κ3) is 7.56. The van der Waals surface area contributed by atoms with E-state index in [1.165, 1.54) is 0 Å². The van der Waals surface area contributed by atoms with Crippen LogP contribution in [-0.4, -0.2) is 23.5 Å². The molecular formula is C10H21NOS2. The van der Waals surface area contributed by atoms with Crippen LogP contribution >= 0.6 is 21.6 Å². The summed E-state index contributed by atoms with van der Waals surface area (Å²) in [5, 5.41) is 3.57. The molecule has 0 atom stereocenters. The number of hydrogen-bond donors (Lipinski definition) is 1. The van der Waals surface area contributed by atoms with E-state index in [2.05, 4.69) is 19.2 Å². The van der Waals surface area contributed by atoms with Crippen molar-refractivity contribution in [1.82, 2.24) is 5.32 Å². The lowest BCUT2D eigenvalue weighted by molar-refractivity contribution is -0.128. The zero-order valence-electron chi connectivity index (χ0n) is 9.72. The van der Waals surface area contributed by atoms with Crippen molar-refractivity contribution in [3.8, 4) is 0 Å². The Hall–Kier alpha value is 0.170. The smallest absolute Gasteiger partial charge is 0.225 e. The first-order valence-corrected chi connectivity index (χ1v) is 7.29. The van der Waals surface area contributed by atoms with Crippen LogP contribution in [0, 0.1) is 5.41 Å². The summed E-state index contributed by atoms with van der Waals surface area (Å²) in [5.41, 5.74) is -0.268. The second-order valence-corrected chi connectivity index (χ2v) is 7.54. The summed E-state index contributed by atoms with van der Waals surface area (Å²) >= 11 is 0. The second kappa shape index (κ2) is 6.62. The number of rotatable bonds is 5. The lowest BCUT2D eigenvalue weighted by Gasteiger charge is -2.17. The van der Waals surface area contributed by atoms with Gasteiger partial charge in [0, 0.05) is 23.0 Å². The zero-order chi connectivity index (χ0) is 11.2. The molecule has 0 aromatic carbocycles. The van der Waals surface area contributed by atoms with Crippen LogP contribution in [0.25, 0.3) is 0 Å². The van der Waals surface area contributed by atoms with Gasteiger partial charge in [0.15, 0.2) is 0 Å². The molecule has 0 rings (SSSR count). The Kier molecular flexibility index (Phi) is 6.70. The minimum absolute atomic E-state index is 0.132. The number of nitrogens with one attached hydrogen (secondary N) is 1. The van der Waals surface area contributed by atoms with Crippen LogP contribution < -0.4 is 5.32 Å². The maximum atomic E-state index is 11.4. The van der Waals surface area contributed by atoms with Gasteiger partial charge >= 0.3 is 0 Å². The average Bonchev–Trinajstić information content (AvgIpc) is 2.01. The number of amides is 1. The first-order chi connectivity index (χ1) is 6.34. The third-order valence-electron chi connectivity index (χ3n) is 1.41. The molecule has 1 amide bonds. The molecule has 0 saturated heterocycles. The van der Waals surface area contributed by atoms with Gasteiger partial charge in [0.2, 0.25) is 5.91 Å². The van der Waals surface area contributed by atoms with Gasteiger partial charge in [-0.15, -0.1) is 0 Å². The molecule has 0 fully saturated rings. The highest BCUT2D eigenvalue weighted by atomic mass is 33.1. The van der Waals surface area contributed by atoms with Gasteiger partial charge < -0.3 is 5.32 Å². The fraction of sp³-hybridized carbons (Fsp3) is 0.900. The SMILES string of the molecule is CC(C)SSCCNC(=O)C(C)(C)C. The molecule has 0 aliphatic carbocycles. The molecule has 1 N–H and O–H groups in total. The van der Waals surface area contributed by atoms with E-state index in [0.29, 0.717) is 5.25 Å². The summed E-state index contributed by atoms with van der Waals surface area (Å²) in [7, 11) is 3.67. The van der Waals surface area contributed by atoms with E-state index in [-0.39, 0.29) is 11.3 Å². The van der Waals surface area contributed by atoms with Gasteiger partial charge in [-0.25, -0.2) is 0 Å². The van der Waals surface area contributed by atoms with Gasteiger partial charge in [0.25, 0.3) is 0 Å². The first-order valence-electron chi connectivity index (χ1n) is 4.90. The summed E-state index contributed by atoms with van der Waals surface area (Å²) in [5.74, 6) is 1.11. The van der Waals surface area contributed by atoms with Crippen LogP contribution in [0.3, 0.4) is 0 Å². The van der Waals surface area contributed by atoms with E-state index < -0.39 is 0 Å². The standard InChI is InChI=1S/C10H21NOS2/c1-8(2)14-13-7-6-11-9(12)10(3,4)5/h8H,6-7H2,1-5H3,(H,11,12). The number of hydrogen-bond acceptors (Lipinski definition) is 3. The number of carbonyl (C=O) groups is 1. The minimum Gasteiger partial charge on any atom is -0.355 e. The molecule has 0 aromatic heterocycles. The third-order valence-corrected chi connectivity index (χ3v) is 4.37. The van der Waals surface area contributed by atoms with Crippen LogP contribution in [0.2, 0.25) is 0 Å². The van der Waals surface area contributed by atoms with E-state index in [4.69, 9.17) is 0 Å². The molecule has 0 aliphatic heterocycles. The van der Waals surface area contributed by atoms with Gasteiger partial charge in [-0.05, 0) is 0 Å². The molecule has 2 nitrogen and oxygen atoms in total. The average molecular weight is 235 g/mol. The molecule has 4 heteroatoms. The van der Waals surface area contributed by atoms with Crippen molar-refractivity contribution < 1.29 is 4.79 Å². The molecule has 0 unspecified atom stereocenters. The maximum Gasteiger partial charge on any atom is 0.225 e. The molecule has 0 radical (unpaired) electrons. The second-order valence-electron chi connectivity index (χ2n) is 4.47. The maximum absolute atomic E-state index is 11.4. The first kappa shape index (κ1) is 14.2. The van der Waals surface area contributed by atoms with E-state index in [1.54, 1.807) is 0 Å². The summed E-state index contributed by atoms with van der Waals surface area (Å²) < 4.78 is 0. The summed E-state index contributed by atoms with van der Waals surface area (Å²) in [6, 6.07) is 0. The Bertz CT molecular complexity index is 175. The fourth-order valence-electron chi connectivity index (χ4n) is 0.656. The molecule has 0 heterocycles. The normalized spacial score (nSPS) is 11.9. The quantitative estimate of drug-likeness (QED) is 0.587. The van der Waals surface area contributed by atoms with Crippen molar-refractivity contribution >= 4 is 27.5 Å². The minimum atomic E-state index is -0.268. The molecule has 14 heavy (non-hydrogen) atoms. The Balaban J connectivity index is 3.42. The van der Waals surface area contributed by atoms with Crippen LogP contribution in [0.4, 0.5) is 0 Å². The topological polar surface area (TPSA) is 29.1 Å². The fourth-order valence-corrected chi connectivity index (χ4v) is 2.56. The highest BCUT2D eigenvalue weighted by Gasteiger charge is 2.20. The predicted octanol–water partition coefficient (Wildman–Crippen LogP) is 2.94. The van der Waals surface area contributed by atoms with Crippen molar-refractivity contribution in [3.63, 3.8) is 0 Å². The van der Waals surface area contributed by atoms with Gasteiger partial charge in [-0.3, -0.25) is 4.79 Å². The van der Waals surface area contributed by atoms with Crippen molar-refractivity contribution in [3.05, 3.63) is 0 Å². The Labute approximate surface area is 95.4 Å². The van der Waals surface area contributed by atoms with Crippen LogP contribution in [-0.2, 0) is 4.79 Å². The van der Waals surface area contributed by atoms with Crippen molar-refractivity contribution in [2.45, 2.75) is 39.9 Å². The lowest BCUT2D eigenvalue weighted by atomic mass is 9.96. The molecule has 0 aliphatic rings. The van der Waals surface area contributed by atoms with Crippen molar-refractivity contribution in [2.75, 3.05) is 12.3 Å². The van der Waals surface area contributed by atoms with Crippen molar-refractivity contribution in [1.29, 1.82) is 0 Å². The predicted molar refractivity (Wildman–Crippen MR) is 67.6 cm³/mol. The van der Waals surface area contributed by atoms with Gasteiger partial charge in [-0.1, -0.05) is 56.2 Å². The Morgan fingerprint density at radius 1 is 1.36 bits per heavy atom. The van der Waals surface area contributed by atoms with Crippen LogP contribution in [0.5, 0.6) is 0 Å². The van der Waals surface area contributed by atoms with E-state index >= 15 is 0 Å². The van der Waals surface area contributed by atoms with Crippen LogP contribution in [0.15, 0.2) is 0 Å². The molecule has 0 aromatic rings. The van der Waals surface area contributed by atoms with Gasteiger partial charge in [-0.2, -0.15) is 0 Å². The molecule has 0 bridgehead atoms. The van der Waals surface area contributed by atoms with E-state index in [1.807, 2.05) is 42.4 Å².